The number of nitrogens with one attached hydrogen (secondary N) is 1. The minimum atomic E-state index is -0.686. The molecular formula is C24H30N2O3. The van der Waals surface area contributed by atoms with Crippen LogP contribution in [0.4, 0.5) is 5.69 Å². The molecule has 5 nitrogen and oxygen atoms in total. The number of hydrogen-bond acceptors (Lipinski definition) is 3. The third-order valence-corrected chi connectivity index (χ3v) is 5.69. The molecule has 154 valence electrons. The Morgan fingerprint density at radius 1 is 1.03 bits per heavy atom. The Bertz CT molecular complexity index is 843. The molecule has 2 N–H and O–H groups in total. The number of carbonyl (C=O) groups is 2. The number of carboxylic acids is 1. The molecule has 2 aromatic rings. The molecule has 1 saturated carbocycles. The van der Waals surface area contributed by atoms with Gasteiger partial charge in [-0.25, -0.2) is 0 Å². The smallest absolute Gasteiger partial charge is 0.303 e. The minimum absolute atomic E-state index is 0.0329. The summed E-state index contributed by atoms with van der Waals surface area (Å²) in [4.78, 5) is 27.5. The number of carboxylic acid groups (broad SMARTS) is 1. The standard InChI is InChI=1S/C24H30N2O3/c1-24(2,3)23(29)26-20-12-13-21(25-15-20)19-10-8-18(9-11-19)17-6-4-16(5-7-17)14-22(27)28/h8-13,15-17H,4-7,14H2,1-3H3,(H,26,29)(H,27,28). The maximum Gasteiger partial charge on any atom is 0.303 e. The van der Waals surface area contributed by atoms with Gasteiger partial charge in [0.05, 0.1) is 17.6 Å². The number of rotatable bonds is 5. The van der Waals surface area contributed by atoms with Gasteiger partial charge in [0.25, 0.3) is 0 Å². The Morgan fingerprint density at radius 3 is 2.21 bits per heavy atom. The molecule has 3 rings (SSSR count). The summed E-state index contributed by atoms with van der Waals surface area (Å²) in [5.74, 6) is 0.116. The molecule has 29 heavy (non-hydrogen) atoms. The molecule has 1 amide bonds. The van der Waals surface area contributed by atoms with Gasteiger partial charge in [-0.1, -0.05) is 45.0 Å². The second-order valence-corrected chi connectivity index (χ2v) is 9.07. The molecule has 1 aliphatic carbocycles. The van der Waals surface area contributed by atoms with Gasteiger partial charge in [-0.3, -0.25) is 14.6 Å². The zero-order valence-corrected chi connectivity index (χ0v) is 17.4. The van der Waals surface area contributed by atoms with Gasteiger partial charge >= 0.3 is 5.97 Å². The van der Waals surface area contributed by atoms with Gasteiger partial charge in [-0.15, -0.1) is 0 Å². The summed E-state index contributed by atoms with van der Waals surface area (Å²) in [7, 11) is 0. The van der Waals surface area contributed by atoms with Crippen molar-refractivity contribution in [3.05, 3.63) is 48.2 Å². The van der Waals surface area contributed by atoms with Crippen LogP contribution in [0.25, 0.3) is 11.3 Å². The number of amides is 1. The van der Waals surface area contributed by atoms with E-state index in [1.54, 1.807) is 6.20 Å². The Balaban J connectivity index is 1.60. The Hall–Kier alpha value is -2.69. The van der Waals surface area contributed by atoms with Crippen molar-refractivity contribution in [2.24, 2.45) is 11.3 Å². The topological polar surface area (TPSA) is 79.3 Å². The van der Waals surface area contributed by atoms with E-state index in [0.717, 1.165) is 36.9 Å². The van der Waals surface area contributed by atoms with Gasteiger partial charge in [-0.05, 0) is 55.2 Å². The van der Waals surface area contributed by atoms with E-state index in [0.29, 0.717) is 23.9 Å². The highest BCUT2D eigenvalue weighted by atomic mass is 16.4. The molecule has 1 fully saturated rings. The van der Waals surface area contributed by atoms with Gasteiger partial charge in [0, 0.05) is 17.4 Å². The van der Waals surface area contributed by atoms with Crippen LogP contribution in [0.2, 0.25) is 0 Å². The molecule has 0 atom stereocenters. The summed E-state index contributed by atoms with van der Waals surface area (Å²) in [6.45, 7) is 5.64. The number of nitrogens with zero attached hydrogens (tertiary/aromatic N) is 1. The zero-order chi connectivity index (χ0) is 21.0. The number of carbonyl (C=O) groups excluding carboxylic acids is 1. The molecule has 1 aliphatic rings. The normalized spacial score (nSPS) is 19.6. The average molecular weight is 395 g/mol. The number of aliphatic carboxylic acids is 1. The second-order valence-electron chi connectivity index (χ2n) is 9.07. The molecule has 0 aliphatic heterocycles. The van der Waals surface area contributed by atoms with Crippen LogP contribution >= 0.6 is 0 Å². The van der Waals surface area contributed by atoms with Crippen molar-refractivity contribution >= 4 is 17.6 Å². The highest BCUT2D eigenvalue weighted by Crippen LogP contribution is 2.37. The van der Waals surface area contributed by atoms with Crippen molar-refractivity contribution in [1.29, 1.82) is 0 Å². The van der Waals surface area contributed by atoms with Crippen LogP contribution in [0.15, 0.2) is 42.6 Å². The van der Waals surface area contributed by atoms with Gasteiger partial charge in [0.2, 0.25) is 5.91 Å². The highest BCUT2D eigenvalue weighted by molar-refractivity contribution is 5.94. The predicted molar refractivity (Wildman–Crippen MR) is 115 cm³/mol. The molecular weight excluding hydrogens is 364 g/mol. The molecule has 0 spiro atoms. The van der Waals surface area contributed by atoms with E-state index >= 15 is 0 Å². The molecule has 1 aromatic heterocycles. The molecule has 1 aromatic carbocycles. The van der Waals surface area contributed by atoms with Gasteiger partial charge in [0.1, 0.15) is 0 Å². The summed E-state index contributed by atoms with van der Waals surface area (Å²) in [5, 5.41) is 11.8. The fraction of sp³-hybridized carbons (Fsp3) is 0.458. The number of aromatic nitrogens is 1. The Morgan fingerprint density at radius 2 is 1.69 bits per heavy atom. The number of hydrogen-bond donors (Lipinski definition) is 2. The number of pyridine rings is 1. The zero-order valence-electron chi connectivity index (χ0n) is 17.4. The first-order valence-electron chi connectivity index (χ1n) is 10.3. The summed E-state index contributed by atoms with van der Waals surface area (Å²) in [6.07, 6.45) is 6.07. The lowest BCUT2D eigenvalue weighted by molar-refractivity contribution is -0.138. The average Bonchev–Trinajstić information content (AvgIpc) is 2.68. The van der Waals surface area contributed by atoms with Gasteiger partial charge < -0.3 is 10.4 Å². The predicted octanol–water partition coefficient (Wildman–Crippen LogP) is 5.48. The fourth-order valence-electron chi connectivity index (χ4n) is 3.83. The molecule has 0 bridgehead atoms. The maximum atomic E-state index is 12.1. The summed E-state index contributed by atoms with van der Waals surface area (Å²) in [6, 6.07) is 12.3. The Kier molecular flexibility index (Phi) is 6.36. The van der Waals surface area contributed by atoms with Crippen molar-refractivity contribution < 1.29 is 14.7 Å². The number of anilines is 1. The van der Waals surface area contributed by atoms with Crippen molar-refractivity contribution in [1.82, 2.24) is 4.98 Å². The maximum absolute atomic E-state index is 12.1. The van der Waals surface area contributed by atoms with Crippen LogP contribution < -0.4 is 5.32 Å². The summed E-state index contributed by atoms with van der Waals surface area (Å²) >= 11 is 0. The third-order valence-electron chi connectivity index (χ3n) is 5.69. The number of benzene rings is 1. The lowest BCUT2D eigenvalue weighted by Gasteiger charge is -2.28. The first-order chi connectivity index (χ1) is 13.7. The van der Waals surface area contributed by atoms with Crippen LogP contribution in [-0.4, -0.2) is 22.0 Å². The van der Waals surface area contributed by atoms with Gasteiger partial charge in [0.15, 0.2) is 0 Å². The minimum Gasteiger partial charge on any atom is -0.481 e. The largest absolute Gasteiger partial charge is 0.481 e. The van der Waals surface area contributed by atoms with Crippen LogP contribution in [0.5, 0.6) is 0 Å². The lowest BCUT2D eigenvalue weighted by Crippen LogP contribution is -2.27. The van der Waals surface area contributed by atoms with Crippen LogP contribution in [0, 0.1) is 11.3 Å². The van der Waals surface area contributed by atoms with E-state index in [1.807, 2.05) is 32.9 Å². The highest BCUT2D eigenvalue weighted by Gasteiger charge is 2.24. The molecule has 0 unspecified atom stereocenters. The van der Waals surface area contributed by atoms with Crippen LogP contribution in [0.3, 0.4) is 0 Å². The molecule has 5 heteroatoms. The Labute approximate surface area is 172 Å². The van der Waals surface area contributed by atoms with Crippen molar-refractivity contribution in [2.75, 3.05) is 5.32 Å². The molecule has 0 saturated heterocycles. The lowest BCUT2D eigenvalue weighted by atomic mass is 9.77. The quantitative estimate of drug-likeness (QED) is 0.703. The van der Waals surface area contributed by atoms with Crippen molar-refractivity contribution in [3.63, 3.8) is 0 Å². The first-order valence-corrected chi connectivity index (χ1v) is 10.3. The monoisotopic (exact) mass is 394 g/mol. The van der Waals surface area contributed by atoms with E-state index in [2.05, 4.69) is 34.6 Å². The van der Waals surface area contributed by atoms with Crippen molar-refractivity contribution in [3.8, 4) is 11.3 Å². The van der Waals surface area contributed by atoms with E-state index in [9.17, 15) is 9.59 Å². The van der Waals surface area contributed by atoms with E-state index < -0.39 is 11.4 Å². The second kappa shape index (κ2) is 8.76. The summed E-state index contributed by atoms with van der Waals surface area (Å²) < 4.78 is 0. The molecule has 0 radical (unpaired) electrons. The van der Waals surface area contributed by atoms with Crippen LogP contribution in [-0.2, 0) is 9.59 Å². The van der Waals surface area contributed by atoms with E-state index in [4.69, 9.17) is 5.11 Å². The van der Waals surface area contributed by atoms with Gasteiger partial charge in [-0.2, -0.15) is 0 Å². The molecule has 1 heterocycles. The third kappa shape index (κ3) is 5.66. The summed E-state index contributed by atoms with van der Waals surface area (Å²) in [5.41, 5.74) is 3.49. The SMILES string of the molecule is CC(C)(C)C(=O)Nc1ccc(-c2ccc(C3CCC(CC(=O)O)CC3)cc2)nc1. The van der Waals surface area contributed by atoms with E-state index in [-0.39, 0.29) is 5.91 Å². The van der Waals surface area contributed by atoms with Crippen molar-refractivity contribution in [2.45, 2.75) is 58.8 Å². The first kappa shape index (κ1) is 21.0. The van der Waals surface area contributed by atoms with E-state index in [1.165, 1.54) is 5.56 Å². The fourth-order valence-corrected chi connectivity index (χ4v) is 3.83. The van der Waals surface area contributed by atoms with Crippen LogP contribution in [0.1, 0.15) is 64.4 Å².